The number of aromatic nitrogens is 2. The van der Waals surface area contributed by atoms with E-state index in [1.165, 1.54) is 11.1 Å². The maximum Gasteiger partial charge on any atom is 0.241 e. The predicted molar refractivity (Wildman–Crippen MR) is 138 cm³/mol. The zero-order valence-electron chi connectivity index (χ0n) is 19.6. The molecule has 4 aromatic rings. The minimum Gasteiger partial charge on any atom is -0.341 e. The SMILES string of the molecule is Cc1ccc(NNC(=O)C2CCN(c3nc(-c4ccccc4)c4cc(C)ccc4n3)CC2)cc1. The Kier molecular flexibility index (Phi) is 6.12. The molecule has 1 saturated heterocycles. The number of hydrogen-bond acceptors (Lipinski definition) is 5. The first kappa shape index (κ1) is 21.9. The Labute approximate surface area is 200 Å². The molecule has 172 valence electrons. The van der Waals surface area contributed by atoms with Crippen molar-refractivity contribution in [2.24, 2.45) is 5.92 Å². The monoisotopic (exact) mass is 451 g/mol. The van der Waals surface area contributed by atoms with Gasteiger partial charge in [0.25, 0.3) is 0 Å². The van der Waals surface area contributed by atoms with E-state index in [9.17, 15) is 4.79 Å². The number of aryl methyl sites for hydroxylation is 2. The van der Waals surface area contributed by atoms with Crippen molar-refractivity contribution in [2.45, 2.75) is 26.7 Å². The summed E-state index contributed by atoms with van der Waals surface area (Å²) in [4.78, 5) is 24.8. The van der Waals surface area contributed by atoms with Crippen LogP contribution in [-0.4, -0.2) is 29.0 Å². The quantitative estimate of drug-likeness (QED) is 0.404. The molecule has 0 unspecified atom stereocenters. The zero-order chi connectivity index (χ0) is 23.5. The van der Waals surface area contributed by atoms with E-state index in [1.807, 2.05) is 49.4 Å². The first-order valence-corrected chi connectivity index (χ1v) is 11.8. The Bertz CT molecular complexity index is 1300. The van der Waals surface area contributed by atoms with Crippen LogP contribution in [0.1, 0.15) is 24.0 Å². The van der Waals surface area contributed by atoms with Gasteiger partial charge in [0.1, 0.15) is 0 Å². The lowest BCUT2D eigenvalue weighted by molar-refractivity contribution is -0.125. The van der Waals surface area contributed by atoms with Gasteiger partial charge in [-0.15, -0.1) is 0 Å². The Hall–Kier alpha value is -3.93. The third-order valence-corrected chi connectivity index (χ3v) is 6.42. The molecule has 3 aromatic carbocycles. The molecule has 0 saturated carbocycles. The number of fused-ring (bicyclic) bond motifs is 1. The lowest BCUT2D eigenvalue weighted by Gasteiger charge is -2.31. The van der Waals surface area contributed by atoms with Crippen LogP contribution in [0.3, 0.4) is 0 Å². The smallest absolute Gasteiger partial charge is 0.241 e. The number of piperidine rings is 1. The fraction of sp³-hybridized carbons (Fsp3) is 0.250. The molecule has 5 rings (SSSR count). The average Bonchev–Trinajstić information content (AvgIpc) is 2.88. The number of carbonyl (C=O) groups is 1. The van der Waals surface area contributed by atoms with Crippen LogP contribution in [0.4, 0.5) is 11.6 Å². The normalized spacial score (nSPS) is 14.2. The summed E-state index contributed by atoms with van der Waals surface area (Å²) in [7, 11) is 0. The first-order valence-electron chi connectivity index (χ1n) is 11.8. The Morgan fingerprint density at radius 1 is 0.882 bits per heavy atom. The third-order valence-electron chi connectivity index (χ3n) is 6.42. The number of hydrazine groups is 1. The van der Waals surface area contributed by atoms with Gasteiger partial charge in [0, 0.05) is 30.0 Å². The first-order chi connectivity index (χ1) is 16.6. The fourth-order valence-corrected chi connectivity index (χ4v) is 4.40. The van der Waals surface area contributed by atoms with E-state index in [0.717, 1.165) is 59.7 Å². The highest BCUT2D eigenvalue weighted by Gasteiger charge is 2.27. The van der Waals surface area contributed by atoms with Crippen LogP contribution in [-0.2, 0) is 4.79 Å². The number of nitrogens with one attached hydrogen (secondary N) is 2. The van der Waals surface area contributed by atoms with Crippen molar-refractivity contribution in [3.63, 3.8) is 0 Å². The van der Waals surface area contributed by atoms with Gasteiger partial charge in [0.2, 0.25) is 11.9 Å². The number of benzene rings is 3. The molecular weight excluding hydrogens is 422 g/mol. The Morgan fingerprint density at radius 3 is 2.32 bits per heavy atom. The predicted octanol–water partition coefficient (Wildman–Crippen LogP) is 5.27. The summed E-state index contributed by atoms with van der Waals surface area (Å²) in [5, 5.41) is 1.06. The van der Waals surface area contributed by atoms with E-state index >= 15 is 0 Å². The summed E-state index contributed by atoms with van der Waals surface area (Å²) in [6.45, 7) is 5.62. The van der Waals surface area contributed by atoms with Gasteiger partial charge in [0.05, 0.1) is 16.9 Å². The number of amides is 1. The highest BCUT2D eigenvalue weighted by atomic mass is 16.2. The molecule has 0 atom stereocenters. The fourth-order valence-electron chi connectivity index (χ4n) is 4.40. The zero-order valence-corrected chi connectivity index (χ0v) is 19.6. The van der Waals surface area contributed by atoms with E-state index in [0.29, 0.717) is 0 Å². The van der Waals surface area contributed by atoms with E-state index in [2.05, 4.69) is 53.0 Å². The highest BCUT2D eigenvalue weighted by Crippen LogP contribution is 2.30. The molecule has 6 heteroatoms. The largest absolute Gasteiger partial charge is 0.341 e. The molecule has 2 N–H and O–H groups in total. The van der Waals surface area contributed by atoms with Gasteiger partial charge < -0.3 is 4.90 Å². The summed E-state index contributed by atoms with van der Waals surface area (Å²) in [5.74, 6) is 0.720. The molecule has 1 aromatic heterocycles. The van der Waals surface area contributed by atoms with Crippen molar-refractivity contribution in [1.29, 1.82) is 0 Å². The molecule has 1 fully saturated rings. The minimum absolute atomic E-state index is 0.0279. The Morgan fingerprint density at radius 2 is 1.59 bits per heavy atom. The standard InChI is InChI=1S/C28H29N5O/c1-19-8-11-23(12-9-19)31-32-27(34)22-14-16-33(17-15-22)28-29-25-13-10-20(2)18-24(25)26(30-28)21-6-4-3-5-7-21/h3-13,18,22,31H,14-17H2,1-2H3,(H,32,34). The van der Waals surface area contributed by atoms with Crippen LogP contribution < -0.4 is 15.8 Å². The molecule has 0 bridgehead atoms. The van der Waals surface area contributed by atoms with E-state index < -0.39 is 0 Å². The van der Waals surface area contributed by atoms with Crippen LogP contribution in [0.25, 0.3) is 22.2 Å². The summed E-state index contributed by atoms with van der Waals surface area (Å²) in [6, 6.07) is 24.5. The van der Waals surface area contributed by atoms with Crippen molar-refractivity contribution < 1.29 is 4.79 Å². The van der Waals surface area contributed by atoms with Crippen molar-refractivity contribution in [3.05, 3.63) is 83.9 Å². The van der Waals surface area contributed by atoms with Crippen molar-refractivity contribution in [3.8, 4) is 11.3 Å². The van der Waals surface area contributed by atoms with E-state index in [-0.39, 0.29) is 11.8 Å². The summed E-state index contributed by atoms with van der Waals surface area (Å²) < 4.78 is 0. The third kappa shape index (κ3) is 4.71. The molecular formula is C28H29N5O. The molecule has 0 spiro atoms. The second-order valence-corrected chi connectivity index (χ2v) is 9.00. The molecule has 1 aliphatic rings. The minimum atomic E-state index is -0.0362. The molecule has 1 amide bonds. The maximum absolute atomic E-state index is 12.7. The molecule has 1 aliphatic heterocycles. The van der Waals surface area contributed by atoms with Gasteiger partial charge in [-0.1, -0.05) is 59.7 Å². The number of hydrogen-bond donors (Lipinski definition) is 2. The van der Waals surface area contributed by atoms with E-state index in [4.69, 9.17) is 9.97 Å². The number of anilines is 2. The maximum atomic E-state index is 12.7. The number of nitrogens with zero attached hydrogens (tertiary/aromatic N) is 3. The molecule has 0 radical (unpaired) electrons. The average molecular weight is 452 g/mol. The highest BCUT2D eigenvalue weighted by molar-refractivity contribution is 5.93. The second kappa shape index (κ2) is 9.51. The molecule has 0 aliphatic carbocycles. The van der Waals surface area contributed by atoms with Crippen LogP contribution >= 0.6 is 0 Å². The molecule has 2 heterocycles. The lowest BCUT2D eigenvalue weighted by Crippen LogP contribution is -2.42. The van der Waals surface area contributed by atoms with Gasteiger partial charge in [-0.05, 0) is 51.0 Å². The summed E-state index contributed by atoms with van der Waals surface area (Å²) in [5.41, 5.74) is 12.1. The van der Waals surface area contributed by atoms with Crippen molar-refractivity contribution in [2.75, 3.05) is 23.4 Å². The Balaban J connectivity index is 1.30. The second-order valence-electron chi connectivity index (χ2n) is 9.00. The van der Waals surface area contributed by atoms with Gasteiger partial charge in [-0.25, -0.2) is 9.97 Å². The van der Waals surface area contributed by atoms with Crippen molar-refractivity contribution >= 4 is 28.4 Å². The van der Waals surface area contributed by atoms with Crippen LogP contribution in [0.5, 0.6) is 0 Å². The molecule has 6 nitrogen and oxygen atoms in total. The molecule has 34 heavy (non-hydrogen) atoms. The lowest BCUT2D eigenvalue weighted by atomic mass is 9.96. The number of rotatable bonds is 5. The van der Waals surface area contributed by atoms with Crippen LogP contribution in [0.15, 0.2) is 72.8 Å². The van der Waals surface area contributed by atoms with Crippen molar-refractivity contribution in [1.82, 2.24) is 15.4 Å². The van der Waals surface area contributed by atoms with Gasteiger partial charge in [0.15, 0.2) is 0 Å². The van der Waals surface area contributed by atoms with Gasteiger partial charge >= 0.3 is 0 Å². The number of carbonyl (C=O) groups excluding carboxylic acids is 1. The topological polar surface area (TPSA) is 70.2 Å². The van der Waals surface area contributed by atoms with Gasteiger partial charge in [-0.3, -0.25) is 15.6 Å². The summed E-state index contributed by atoms with van der Waals surface area (Å²) in [6.07, 6.45) is 1.52. The van der Waals surface area contributed by atoms with Gasteiger partial charge in [-0.2, -0.15) is 0 Å². The van der Waals surface area contributed by atoms with Crippen LogP contribution in [0, 0.1) is 19.8 Å². The summed E-state index contributed by atoms with van der Waals surface area (Å²) >= 11 is 0. The van der Waals surface area contributed by atoms with Crippen LogP contribution in [0.2, 0.25) is 0 Å². The van der Waals surface area contributed by atoms with E-state index in [1.54, 1.807) is 0 Å².